The molecule has 0 amide bonds. The first-order chi connectivity index (χ1) is 9.97. The van der Waals surface area contributed by atoms with Crippen LogP contribution in [0.25, 0.3) is 0 Å². The first-order valence-electron chi connectivity index (χ1n) is 7.24. The van der Waals surface area contributed by atoms with Gasteiger partial charge in [0.15, 0.2) is 0 Å². The summed E-state index contributed by atoms with van der Waals surface area (Å²) in [5.74, 6) is -0.203. The van der Waals surface area contributed by atoms with E-state index in [0.717, 1.165) is 17.7 Å². The molecule has 21 heavy (non-hydrogen) atoms. The molecule has 2 atom stereocenters. The zero-order valence-electron chi connectivity index (χ0n) is 12.9. The Morgan fingerprint density at radius 2 is 1.62 bits per heavy atom. The van der Waals surface area contributed by atoms with Crippen molar-refractivity contribution in [1.29, 1.82) is 0 Å². The Morgan fingerprint density at radius 1 is 1.05 bits per heavy atom. The molecule has 2 nitrogen and oxygen atoms in total. The van der Waals surface area contributed by atoms with Crippen LogP contribution >= 0.6 is 0 Å². The number of likely N-dealkylation sites (N-methyl/N-ethyl adjacent to an activating group) is 1. The Kier molecular flexibility index (Phi) is 5.10. The number of rotatable bonds is 5. The van der Waals surface area contributed by atoms with Crippen LogP contribution in [-0.2, 0) is 6.54 Å². The van der Waals surface area contributed by atoms with Crippen molar-refractivity contribution in [1.82, 2.24) is 4.90 Å². The Balaban J connectivity index is 2.02. The van der Waals surface area contributed by atoms with Crippen LogP contribution in [0.4, 0.5) is 4.39 Å². The van der Waals surface area contributed by atoms with Gasteiger partial charge in [0, 0.05) is 18.6 Å². The Hall–Kier alpha value is -1.71. The summed E-state index contributed by atoms with van der Waals surface area (Å²) in [7, 11) is 2.04. The van der Waals surface area contributed by atoms with Gasteiger partial charge < -0.3 is 5.73 Å². The molecule has 0 aliphatic carbocycles. The van der Waals surface area contributed by atoms with E-state index in [1.54, 1.807) is 0 Å². The molecule has 0 aromatic heterocycles. The predicted molar refractivity (Wildman–Crippen MR) is 85.4 cm³/mol. The molecule has 2 aromatic carbocycles. The third-order valence-corrected chi connectivity index (χ3v) is 4.02. The van der Waals surface area contributed by atoms with E-state index < -0.39 is 0 Å². The highest BCUT2D eigenvalue weighted by Crippen LogP contribution is 2.19. The lowest BCUT2D eigenvalue weighted by molar-refractivity contribution is 0.219. The molecule has 0 bridgehead atoms. The van der Waals surface area contributed by atoms with Crippen molar-refractivity contribution in [3.05, 3.63) is 71.0 Å². The smallest absolute Gasteiger partial charge is 0.123 e. The van der Waals surface area contributed by atoms with Crippen LogP contribution < -0.4 is 5.73 Å². The maximum Gasteiger partial charge on any atom is 0.123 e. The quantitative estimate of drug-likeness (QED) is 0.909. The van der Waals surface area contributed by atoms with Crippen LogP contribution in [0.1, 0.15) is 29.7 Å². The number of aryl methyl sites for hydroxylation is 1. The molecule has 0 saturated heterocycles. The summed E-state index contributed by atoms with van der Waals surface area (Å²) >= 11 is 0. The number of nitrogens with zero attached hydrogens (tertiary/aromatic N) is 1. The highest BCUT2D eigenvalue weighted by atomic mass is 19.1. The maximum absolute atomic E-state index is 12.9. The Bertz CT molecular complexity index is 563. The lowest BCUT2D eigenvalue weighted by Gasteiger charge is -2.30. The molecule has 0 fully saturated rings. The summed E-state index contributed by atoms with van der Waals surface area (Å²) in [6.45, 7) is 4.94. The molecule has 3 heteroatoms. The minimum atomic E-state index is -0.203. The SMILES string of the molecule is Cc1ccc(C(N)C(C)N(C)Cc2ccc(F)cc2)cc1. The van der Waals surface area contributed by atoms with Gasteiger partial charge in [0.1, 0.15) is 5.82 Å². The molecule has 0 spiro atoms. The number of hydrogen-bond acceptors (Lipinski definition) is 2. The van der Waals surface area contributed by atoms with Crippen molar-refractivity contribution in [3.63, 3.8) is 0 Å². The van der Waals surface area contributed by atoms with Crippen LogP contribution in [0.5, 0.6) is 0 Å². The fourth-order valence-corrected chi connectivity index (χ4v) is 2.36. The van der Waals surface area contributed by atoms with E-state index in [1.165, 1.54) is 17.7 Å². The van der Waals surface area contributed by atoms with Crippen molar-refractivity contribution in [2.45, 2.75) is 32.5 Å². The van der Waals surface area contributed by atoms with Crippen LogP contribution in [0.3, 0.4) is 0 Å². The van der Waals surface area contributed by atoms with Crippen molar-refractivity contribution in [3.8, 4) is 0 Å². The monoisotopic (exact) mass is 286 g/mol. The second-order valence-corrected chi connectivity index (χ2v) is 5.72. The van der Waals surface area contributed by atoms with Crippen molar-refractivity contribution < 1.29 is 4.39 Å². The van der Waals surface area contributed by atoms with Crippen molar-refractivity contribution >= 4 is 0 Å². The Labute approximate surface area is 126 Å². The molecule has 2 N–H and O–H groups in total. The van der Waals surface area contributed by atoms with E-state index in [4.69, 9.17) is 5.73 Å². The number of halogens is 1. The topological polar surface area (TPSA) is 29.3 Å². The maximum atomic E-state index is 12.9. The van der Waals surface area contributed by atoms with E-state index >= 15 is 0 Å². The van der Waals surface area contributed by atoms with E-state index in [1.807, 2.05) is 19.2 Å². The molecular formula is C18H23FN2. The van der Waals surface area contributed by atoms with E-state index in [-0.39, 0.29) is 17.9 Å². The summed E-state index contributed by atoms with van der Waals surface area (Å²) < 4.78 is 12.9. The molecule has 0 aliphatic rings. The second kappa shape index (κ2) is 6.83. The van der Waals surface area contributed by atoms with Gasteiger partial charge in [-0.25, -0.2) is 4.39 Å². The average Bonchev–Trinajstić information content (AvgIpc) is 2.49. The minimum absolute atomic E-state index is 0.0453. The summed E-state index contributed by atoms with van der Waals surface area (Å²) in [6, 6.07) is 15.1. The first kappa shape index (κ1) is 15.7. The normalized spacial score (nSPS) is 14.2. The van der Waals surface area contributed by atoms with Gasteiger partial charge >= 0.3 is 0 Å². The molecule has 112 valence electrons. The van der Waals surface area contributed by atoms with Crippen LogP contribution in [0, 0.1) is 12.7 Å². The standard InChI is InChI=1S/C18H23FN2/c1-13-4-8-16(9-5-13)18(20)14(2)21(3)12-15-6-10-17(19)11-7-15/h4-11,14,18H,12,20H2,1-3H3. The summed E-state index contributed by atoms with van der Waals surface area (Å²) in [4.78, 5) is 2.19. The largest absolute Gasteiger partial charge is 0.323 e. The first-order valence-corrected chi connectivity index (χ1v) is 7.24. The zero-order chi connectivity index (χ0) is 15.4. The number of benzene rings is 2. The van der Waals surface area contributed by atoms with Gasteiger partial charge in [-0.05, 0) is 44.2 Å². The van der Waals surface area contributed by atoms with Gasteiger partial charge in [-0.3, -0.25) is 4.90 Å². The summed E-state index contributed by atoms with van der Waals surface area (Å²) in [5, 5.41) is 0. The van der Waals surface area contributed by atoms with E-state index in [2.05, 4.69) is 43.0 Å². The summed E-state index contributed by atoms with van der Waals surface area (Å²) in [6.07, 6.45) is 0. The highest BCUT2D eigenvalue weighted by Gasteiger charge is 2.19. The second-order valence-electron chi connectivity index (χ2n) is 5.72. The van der Waals surface area contributed by atoms with Crippen molar-refractivity contribution in [2.24, 2.45) is 5.73 Å². The fourth-order valence-electron chi connectivity index (χ4n) is 2.36. The molecule has 0 aliphatic heterocycles. The molecule has 2 aromatic rings. The van der Waals surface area contributed by atoms with Crippen LogP contribution in [-0.4, -0.2) is 18.0 Å². The van der Waals surface area contributed by atoms with Gasteiger partial charge in [-0.1, -0.05) is 42.0 Å². The van der Waals surface area contributed by atoms with Crippen LogP contribution in [0.2, 0.25) is 0 Å². The molecule has 0 heterocycles. The van der Waals surface area contributed by atoms with Gasteiger partial charge in [0.25, 0.3) is 0 Å². The third kappa shape index (κ3) is 4.13. The highest BCUT2D eigenvalue weighted by molar-refractivity contribution is 5.25. The fraction of sp³-hybridized carbons (Fsp3) is 0.333. The number of hydrogen-bond donors (Lipinski definition) is 1. The summed E-state index contributed by atoms with van der Waals surface area (Å²) in [5.41, 5.74) is 9.82. The van der Waals surface area contributed by atoms with Gasteiger partial charge in [-0.2, -0.15) is 0 Å². The van der Waals surface area contributed by atoms with E-state index in [0.29, 0.717) is 0 Å². The Morgan fingerprint density at radius 3 is 2.19 bits per heavy atom. The van der Waals surface area contributed by atoms with E-state index in [9.17, 15) is 4.39 Å². The van der Waals surface area contributed by atoms with Crippen LogP contribution in [0.15, 0.2) is 48.5 Å². The molecule has 2 rings (SSSR count). The van der Waals surface area contributed by atoms with Gasteiger partial charge in [0.2, 0.25) is 0 Å². The lowest BCUT2D eigenvalue weighted by Crippen LogP contribution is -2.37. The molecule has 2 unspecified atom stereocenters. The average molecular weight is 286 g/mol. The molecule has 0 saturated carbocycles. The zero-order valence-corrected chi connectivity index (χ0v) is 12.9. The number of nitrogens with two attached hydrogens (primary N) is 1. The molecule has 0 radical (unpaired) electrons. The van der Waals surface area contributed by atoms with Crippen molar-refractivity contribution in [2.75, 3.05) is 7.05 Å². The van der Waals surface area contributed by atoms with Gasteiger partial charge in [0.05, 0.1) is 0 Å². The van der Waals surface area contributed by atoms with Gasteiger partial charge in [-0.15, -0.1) is 0 Å². The minimum Gasteiger partial charge on any atom is -0.323 e. The third-order valence-electron chi connectivity index (χ3n) is 4.02. The molecular weight excluding hydrogens is 263 g/mol. The predicted octanol–water partition coefficient (Wildman–Crippen LogP) is 3.65. The lowest BCUT2D eigenvalue weighted by atomic mass is 9.99.